The predicted molar refractivity (Wildman–Crippen MR) is 73.2 cm³/mol. The molecule has 2 rings (SSSR count). The number of nitrogens with zero attached hydrogens (tertiary/aromatic N) is 1. The average molecular weight is 246 g/mol. The molecule has 0 aliphatic carbocycles. The number of amides is 1. The standard InChI is InChI=1S/C15H22N2O/c16-14(12-13-8-4-3-5-9-13)15(18)17-10-6-1-2-7-11-17/h3-5,8-9,14H,1-2,6-7,10-12,16H2. The monoisotopic (exact) mass is 246 g/mol. The molecular weight excluding hydrogens is 224 g/mol. The fourth-order valence-corrected chi connectivity index (χ4v) is 2.48. The van der Waals surface area contributed by atoms with Crippen molar-refractivity contribution < 1.29 is 4.79 Å². The summed E-state index contributed by atoms with van der Waals surface area (Å²) < 4.78 is 0. The summed E-state index contributed by atoms with van der Waals surface area (Å²) in [5, 5.41) is 0. The summed E-state index contributed by atoms with van der Waals surface area (Å²) in [7, 11) is 0. The van der Waals surface area contributed by atoms with Gasteiger partial charge in [0.25, 0.3) is 0 Å². The average Bonchev–Trinajstić information content (AvgIpc) is 2.68. The molecular formula is C15H22N2O. The maximum absolute atomic E-state index is 12.3. The Kier molecular flexibility index (Phi) is 4.76. The number of nitrogens with two attached hydrogens (primary N) is 1. The molecule has 1 aliphatic rings. The fourth-order valence-electron chi connectivity index (χ4n) is 2.48. The van der Waals surface area contributed by atoms with Gasteiger partial charge in [0.1, 0.15) is 0 Å². The highest BCUT2D eigenvalue weighted by molar-refractivity contribution is 5.82. The van der Waals surface area contributed by atoms with Crippen LogP contribution in [0.4, 0.5) is 0 Å². The molecule has 18 heavy (non-hydrogen) atoms. The van der Waals surface area contributed by atoms with Crippen molar-refractivity contribution in [2.75, 3.05) is 13.1 Å². The van der Waals surface area contributed by atoms with Gasteiger partial charge in [-0.3, -0.25) is 4.79 Å². The van der Waals surface area contributed by atoms with Crippen molar-refractivity contribution in [1.29, 1.82) is 0 Å². The zero-order valence-electron chi connectivity index (χ0n) is 10.8. The van der Waals surface area contributed by atoms with E-state index in [2.05, 4.69) is 0 Å². The second kappa shape index (κ2) is 6.55. The summed E-state index contributed by atoms with van der Waals surface area (Å²) in [5.41, 5.74) is 7.17. The van der Waals surface area contributed by atoms with E-state index < -0.39 is 6.04 Å². The van der Waals surface area contributed by atoms with Crippen molar-refractivity contribution in [2.24, 2.45) is 5.73 Å². The first-order valence-corrected chi connectivity index (χ1v) is 6.85. The predicted octanol–water partition coefficient (Wildman–Crippen LogP) is 1.96. The lowest BCUT2D eigenvalue weighted by Gasteiger charge is -2.24. The minimum Gasteiger partial charge on any atom is -0.341 e. The lowest BCUT2D eigenvalue weighted by atomic mass is 10.1. The topological polar surface area (TPSA) is 46.3 Å². The van der Waals surface area contributed by atoms with Gasteiger partial charge in [0.05, 0.1) is 6.04 Å². The van der Waals surface area contributed by atoms with Crippen molar-refractivity contribution in [3.8, 4) is 0 Å². The Morgan fingerprint density at radius 3 is 2.33 bits per heavy atom. The molecule has 98 valence electrons. The molecule has 1 aliphatic heterocycles. The van der Waals surface area contributed by atoms with E-state index in [0.29, 0.717) is 6.42 Å². The maximum Gasteiger partial charge on any atom is 0.239 e. The third-order valence-electron chi connectivity index (χ3n) is 3.53. The molecule has 0 spiro atoms. The minimum absolute atomic E-state index is 0.112. The van der Waals surface area contributed by atoms with Gasteiger partial charge in [-0.25, -0.2) is 0 Å². The second-order valence-corrected chi connectivity index (χ2v) is 5.04. The smallest absolute Gasteiger partial charge is 0.239 e. The molecule has 2 N–H and O–H groups in total. The van der Waals surface area contributed by atoms with Gasteiger partial charge < -0.3 is 10.6 Å². The first-order valence-electron chi connectivity index (χ1n) is 6.85. The van der Waals surface area contributed by atoms with E-state index >= 15 is 0 Å². The Labute approximate surface area is 109 Å². The molecule has 3 nitrogen and oxygen atoms in total. The van der Waals surface area contributed by atoms with Crippen LogP contribution < -0.4 is 5.73 Å². The molecule has 1 amide bonds. The summed E-state index contributed by atoms with van der Waals surface area (Å²) in [6.07, 6.45) is 5.33. The van der Waals surface area contributed by atoms with Gasteiger partial charge in [0.2, 0.25) is 5.91 Å². The van der Waals surface area contributed by atoms with Crippen LogP contribution in [0.1, 0.15) is 31.2 Å². The summed E-state index contributed by atoms with van der Waals surface area (Å²) in [6, 6.07) is 9.60. The molecule has 1 unspecified atom stereocenters. The van der Waals surface area contributed by atoms with Crippen LogP contribution in [-0.4, -0.2) is 29.9 Å². The molecule has 3 heteroatoms. The number of likely N-dealkylation sites (tertiary alicyclic amines) is 1. The lowest BCUT2D eigenvalue weighted by molar-refractivity contribution is -0.132. The van der Waals surface area contributed by atoms with E-state index in [1.54, 1.807) is 0 Å². The summed E-state index contributed by atoms with van der Waals surface area (Å²) in [4.78, 5) is 14.2. The Hall–Kier alpha value is -1.35. The fraction of sp³-hybridized carbons (Fsp3) is 0.533. The quantitative estimate of drug-likeness (QED) is 0.886. The number of carbonyl (C=O) groups excluding carboxylic acids is 1. The van der Waals surface area contributed by atoms with E-state index in [-0.39, 0.29) is 5.91 Å². The number of rotatable bonds is 3. The van der Waals surface area contributed by atoms with Crippen LogP contribution in [0.2, 0.25) is 0 Å². The molecule has 1 atom stereocenters. The third kappa shape index (κ3) is 3.57. The second-order valence-electron chi connectivity index (χ2n) is 5.04. The Balaban J connectivity index is 1.91. The summed E-state index contributed by atoms with van der Waals surface area (Å²) >= 11 is 0. The highest BCUT2D eigenvalue weighted by atomic mass is 16.2. The van der Waals surface area contributed by atoms with E-state index in [1.165, 1.54) is 12.8 Å². The van der Waals surface area contributed by atoms with Gasteiger partial charge in [-0.05, 0) is 24.8 Å². The molecule has 1 saturated heterocycles. The van der Waals surface area contributed by atoms with Gasteiger partial charge in [0.15, 0.2) is 0 Å². The van der Waals surface area contributed by atoms with Crippen molar-refractivity contribution in [3.63, 3.8) is 0 Å². The number of hydrogen-bond donors (Lipinski definition) is 1. The van der Waals surface area contributed by atoms with Crippen molar-refractivity contribution >= 4 is 5.91 Å². The molecule has 1 aromatic rings. The first-order chi connectivity index (χ1) is 8.77. The van der Waals surface area contributed by atoms with Gasteiger partial charge in [-0.2, -0.15) is 0 Å². The zero-order valence-corrected chi connectivity index (χ0v) is 10.8. The summed E-state index contributed by atoms with van der Waals surface area (Å²) in [5.74, 6) is 0.112. The number of carbonyl (C=O) groups is 1. The zero-order chi connectivity index (χ0) is 12.8. The Morgan fingerprint density at radius 1 is 1.11 bits per heavy atom. The third-order valence-corrected chi connectivity index (χ3v) is 3.53. The highest BCUT2D eigenvalue weighted by Gasteiger charge is 2.21. The number of benzene rings is 1. The van der Waals surface area contributed by atoms with Gasteiger partial charge in [-0.15, -0.1) is 0 Å². The first kappa shape index (κ1) is 13.1. The largest absolute Gasteiger partial charge is 0.341 e. The Morgan fingerprint density at radius 2 is 1.72 bits per heavy atom. The van der Waals surface area contributed by atoms with Crippen molar-refractivity contribution in [3.05, 3.63) is 35.9 Å². The molecule has 0 saturated carbocycles. The SMILES string of the molecule is NC(Cc1ccccc1)C(=O)N1CCCCCC1. The minimum atomic E-state index is -0.398. The van der Waals surface area contributed by atoms with Crippen LogP contribution in [0.25, 0.3) is 0 Å². The highest BCUT2D eigenvalue weighted by Crippen LogP contribution is 2.11. The van der Waals surface area contributed by atoms with E-state index in [1.807, 2.05) is 35.2 Å². The molecule has 0 radical (unpaired) electrons. The molecule has 1 aromatic carbocycles. The van der Waals surface area contributed by atoms with Crippen molar-refractivity contribution in [2.45, 2.75) is 38.1 Å². The molecule has 1 fully saturated rings. The summed E-state index contributed by atoms with van der Waals surface area (Å²) in [6.45, 7) is 1.75. The molecule has 0 bridgehead atoms. The van der Waals surface area contributed by atoms with Crippen LogP contribution in [0.3, 0.4) is 0 Å². The van der Waals surface area contributed by atoms with Crippen LogP contribution in [0.15, 0.2) is 30.3 Å². The van der Waals surface area contributed by atoms with Crippen LogP contribution >= 0.6 is 0 Å². The molecule has 1 heterocycles. The van der Waals surface area contributed by atoms with Crippen LogP contribution in [-0.2, 0) is 11.2 Å². The molecule has 0 aromatic heterocycles. The Bertz CT molecular complexity index is 369. The van der Waals surface area contributed by atoms with E-state index in [9.17, 15) is 4.79 Å². The van der Waals surface area contributed by atoms with Crippen molar-refractivity contribution in [1.82, 2.24) is 4.90 Å². The normalized spacial score (nSPS) is 18.2. The van der Waals surface area contributed by atoms with E-state index in [4.69, 9.17) is 5.73 Å². The van der Waals surface area contributed by atoms with Gasteiger partial charge in [-0.1, -0.05) is 43.2 Å². The van der Waals surface area contributed by atoms with Gasteiger partial charge in [0, 0.05) is 13.1 Å². The van der Waals surface area contributed by atoms with E-state index in [0.717, 1.165) is 31.5 Å². The van der Waals surface area contributed by atoms with Crippen LogP contribution in [0.5, 0.6) is 0 Å². The van der Waals surface area contributed by atoms with Crippen LogP contribution in [0, 0.1) is 0 Å². The lowest BCUT2D eigenvalue weighted by Crippen LogP contribution is -2.45. The number of hydrogen-bond acceptors (Lipinski definition) is 2. The van der Waals surface area contributed by atoms with Gasteiger partial charge >= 0.3 is 0 Å². The maximum atomic E-state index is 12.3.